The van der Waals surface area contributed by atoms with Gasteiger partial charge in [0.1, 0.15) is 5.76 Å². The molecule has 0 spiro atoms. The quantitative estimate of drug-likeness (QED) is 0.900. The van der Waals surface area contributed by atoms with Gasteiger partial charge in [-0.15, -0.1) is 0 Å². The van der Waals surface area contributed by atoms with Crippen molar-refractivity contribution in [1.29, 1.82) is 0 Å². The normalized spacial score (nSPS) is 20.0. The molecule has 1 saturated heterocycles. The topological polar surface area (TPSA) is 70.8 Å². The maximum Gasteiger partial charge on any atom is 0.308 e. The lowest BCUT2D eigenvalue weighted by Crippen LogP contribution is -2.29. The number of hydrogen-bond acceptors (Lipinski definition) is 3. The summed E-state index contributed by atoms with van der Waals surface area (Å²) in [6.45, 7) is 4.38. The van der Waals surface area contributed by atoms with Crippen molar-refractivity contribution in [3.8, 4) is 0 Å². The van der Waals surface area contributed by atoms with E-state index in [4.69, 9.17) is 16.0 Å². The second-order valence-electron chi connectivity index (χ2n) is 6.38. The Hall–Kier alpha value is -2.27. The van der Waals surface area contributed by atoms with E-state index in [0.717, 1.165) is 16.9 Å². The van der Waals surface area contributed by atoms with Gasteiger partial charge in [-0.05, 0) is 36.2 Å². The number of benzene rings is 1. The molecule has 1 aliphatic heterocycles. The molecule has 0 radical (unpaired) electrons. The van der Waals surface area contributed by atoms with Gasteiger partial charge >= 0.3 is 5.97 Å². The van der Waals surface area contributed by atoms with Crippen molar-refractivity contribution in [3.63, 3.8) is 0 Å². The molecule has 2 heterocycles. The van der Waals surface area contributed by atoms with Gasteiger partial charge in [-0.3, -0.25) is 9.59 Å². The summed E-state index contributed by atoms with van der Waals surface area (Å²) in [4.78, 5) is 26.0. The Morgan fingerprint density at radius 1 is 1.28 bits per heavy atom. The van der Waals surface area contributed by atoms with Gasteiger partial charge in [0.15, 0.2) is 5.76 Å². The van der Waals surface area contributed by atoms with Gasteiger partial charge < -0.3 is 14.4 Å². The van der Waals surface area contributed by atoms with Gasteiger partial charge in [0.25, 0.3) is 5.91 Å². The monoisotopic (exact) mass is 361 g/mol. The number of rotatable bonds is 4. The second-order valence-corrected chi connectivity index (χ2v) is 6.82. The molecule has 1 amide bonds. The van der Waals surface area contributed by atoms with E-state index >= 15 is 0 Å². The number of aryl methyl sites for hydroxylation is 2. The maximum atomic E-state index is 12.7. The zero-order valence-corrected chi connectivity index (χ0v) is 14.9. The van der Waals surface area contributed by atoms with E-state index in [-0.39, 0.29) is 24.1 Å². The lowest BCUT2D eigenvalue weighted by atomic mass is 9.89. The van der Waals surface area contributed by atoms with Crippen molar-refractivity contribution in [2.24, 2.45) is 5.92 Å². The molecule has 5 nitrogen and oxygen atoms in total. The molecule has 1 aromatic carbocycles. The average molecular weight is 362 g/mol. The van der Waals surface area contributed by atoms with Crippen LogP contribution in [0.25, 0.3) is 0 Å². The second kappa shape index (κ2) is 6.92. The summed E-state index contributed by atoms with van der Waals surface area (Å²) >= 11 is 5.91. The molecule has 0 unspecified atom stereocenters. The van der Waals surface area contributed by atoms with Crippen molar-refractivity contribution in [3.05, 3.63) is 58.0 Å². The first-order chi connectivity index (χ1) is 11.9. The molecule has 1 N–H and O–H groups in total. The summed E-state index contributed by atoms with van der Waals surface area (Å²) in [6, 6.07) is 8.85. The van der Waals surface area contributed by atoms with Crippen LogP contribution in [0.3, 0.4) is 0 Å². The average Bonchev–Trinajstić information content (AvgIpc) is 3.19. The van der Waals surface area contributed by atoms with E-state index in [1.54, 1.807) is 23.1 Å². The van der Waals surface area contributed by atoms with Gasteiger partial charge in [-0.2, -0.15) is 0 Å². The molecule has 6 heteroatoms. The number of carbonyl (C=O) groups is 2. The first-order valence-electron chi connectivity index (χ1n) is 8.27. The number of furan rings is 1. The number of halogens is 1. The summed E-state index contributed by atoms with van der Waals surface area (Å²) in [5.74, 6) is -1.01. The van der Waals surface area contributed by atoms with Crippen LogP contribution in [0.4, 0.5) is 0 Å². The first kappa shape index (κ1) is 17.5. The van der Waals surface area contributed by atoms with E-state index < -0.39 is 11.9 Å². The zero-order chi connectivity index (χ0) is 18.1. The number of aliphatic carboxylic acids is 1. The Morgan fingerprint density at radius 2 is 1.96 bits per heavy atom. The van der Waals surface area contributed by atoms with E-state index in [0.29, 0.717) is 18.0 Å². The molecule has 0 aliphatic carbocycles. The molecule has 25 heavy (non-hydrogen) atoms. The predicted molar refractivity (Wildman–Crippen MR) is 94.0 cm³/mol. The number of hydrogen-bond donors (Lipinski definition) is 1. The fraction of sp³-hybridized carbons (Fsp3) is 0.368. The van der Waals surface area contributed by atoms with E-state index in [1.165, 1.54) is 0 Å². The molecular formula is C19H20ClNO4. The van der Waals surface area contributed by atoms with Crippen molar-refractivity contribution >= 4 is 23.5 Å². The predicted octanol–water partition coefficient (Wildman–Crippen LogP) is 3.74. The largest absolute Gasteiger partial charge is 0.481 e. The van der Waals surface area contributed by atoms with Gasteiger partial charge in [-0.1, -0.05) is 30.7 Å². The van der Waals surface area contributed by atoms with Crippen LogP contribution < -0.4 is 0 Å². The number of nitrogens with zero attached hydrogens (tertiary/aromatic N) is 1. The van der Waals surface area contributed by atoms with Crippen LogP contribution in [0, 0.1) is 12.8 Å². The lowest BCUT2D eigenvalue weighted by molar-refractivity contribution is -0.141. The van der Waals surface area contributed by atoms with Crippen molar-refractivity contribution in [2.75, 3.05) is 13.1 Å². The summed E-state index contributed by atoms with van der Waals surface area (Å²) in [5.41, 5.74) is 1.81. The van der Waals surface area contributed by atoms with Crippen molar-refractivity contribution < 1.29 is 19.1 Å². The van der Waals surface area contributed by atoms with Crippen LogP contribution in [0.5, 0.6) is 0 Å². The van der Waals surface area contributed by atoms with E-state index in [1.807, 2.05) is 26.0 Å². The Labute approximate surface area is 151 Å². The number of carboxylic acid groups (broad SMARTS) is 1. The highest BCUT2D eigenvalue weighted by Crippen LogP contribution is 2.34. The molecule has 2 aromatic rings. The maximum absolute atomic E-state index is 12.7. The highest BCUT2D eigenvalue weighted by Gasteiger charge is 2.41. The number of amides is 1. The third-order valence-electron chi connectivity index (χ3n) is 4.77. The Kier molecular flexibility index (Phi) is 4.86. The van der Waals surface area contributed by atoms with Crippen LogP contribution in [0.15, 0.2) is 34.7 Å². The van der Waals surface area contributed by atoms with E-state index in [2.05, 4.69) is 0 Å². The minimum Gasteiger partial charge on any atom is -0.481 e. The Balaban J connectivity index is 1.85. The van der Waals surface area contributed by atoms with Crippen molar-refractivity contribution in [1.82, 2.24) is 4.90 Å². The Bertz CT molecular complexity index is 796. The summed E-state index contributed by atoms with van der Waals surface area (Å²) in [7, 11) is 0. The fourth-order valence-electron chi connectivity index (χ4n) is 3.40. The minimum atomic E-state index is -0.903. The highest BCUT2D eigenvalue weighted by atomic mass is 35.5. The SMILES string of the molecule is CCc1oc(C(=O)N2C[C@@H](C(=O)O)[C@H](c3ccc(Cl)cc3)C2)cc1C. The number of likely N-dealkylation sites (tertiary alicyclic amines) is 1. The number of carbonyl (C=O) groups excluding carboxylic acids is 1. The molecule has 0 bridgehead atoms. The Morgan fingerprint density at radius 3 is 2.52 bits per heavy atom. The zero-order valence-electron chi connectivity index (χ0n) is 14.2. The van der Waals surface area contributed by atoms with Crippen LogP contribution in [-0.2, 0) is 11.2 Å². The molecule has 132 valence electrons. The molecule has 1 aromatic heterocycles. The van der Waals surface area contributed by atoms with Crippen LogP contribution >= 0.6 is 11.6 Å². The molecule has 1 fully saturated rings. The highest BCUT2D eigenvalue weighted by molar-refractivity contribution is 6.30. The van der Waals surface area contributed by atoms with Gasteiger partial charge in [0.2, 0.25) is 0 Å². The smallest absolute Gasteiger partial charge is 0.308 e. The first-order valence-corrected chi connectivity index (χ1v) is 8.65. The fourth-order valence-corrected chi connectivity index (χ4v) is 3.53. The lowest BCUT2D eigenvalue weighted by Gasteiger charge is -2.15. The number of carboxylic acids is 1. The summed E-state index contributed by atoms with van der Waals surface area (Å²) in [5, 5.41) is 10.2. The summed E-state index contributed by atoms with van der Waals surface area (Å²) in [6.07, 6.45) is 0.713. The third-order valence-corrected chi connectivity index (χ3v) is 5.03. The molecule has 2 atom stereocenters. The van der Waals surface area contributed by atoms with Crippen LogP contribution in [-0.4, -0.2) is 35.0 Å². The van der Waals surface area contributed by atoms with Gasteiger partial charge in [0.05, 0.1) is 5.92 Å². The van der Waals surface area contributed by atoms with Crippen molar-refractivity contribution in [2.45, 2.75) is 26.2 Å². The summed E-state index contributed by atoms with van der Waals surface area (Å²) < 4.78 is 5.63. The molecular weight excluding hydrogens is 342 g/mol. The molecule has 0 saturated carbocycles. The van der Waals surface area contributed by atoms with E-state index in [9.17, 15) is 14.7 Å². The standard InChI is InChI=1S/C19H20ClNO4/c1-3-16-11(2)8-17(25-16)18(22)21-9-14(15(10-21)19(23)24)12-4-6-13(20)7-5-12/h4-8,14-15H,3,9-10H2,1-2H3,(H,23,24)/t14-,15+/m0/s1. The third kappa shape index (κ3) is 3.42. The van der Waals surface area contributed by atoms with Gasteiger partial charge in [-0.25, -0.2) is 0 Å². The van der Waals surface area contributed by atoms with Crippen LogP contribution in [0.1, 0.15) is 40.3 Å². The van der Waals surface area contributed by atoms with Crippen LogP contribution in [0.2, 0.25) is 5.02 Å². The van der Waals surface area contributed by atoms with Gasteiger partial charge in [0, 0.05) is 30.5 Å². The molecule has 1 aliphatic rings. The minimum absolute atomic E-state index is 0.169. The molecule has 3 rings (SSSR count).